The van der Waals surface area contributed by atoms with E-state index in [0.717, 1.165) is 0 Å². The highest BCUT2D eigenvalue weighted by molar-refractivity contribution is 5.86. The number of rotatable bonds is 6. The molecule has 0 unspecified atom stereocenters. The highest BCUT2D eigenvalue weighted by Crippen LogP contribution is 2.37. The van der Waals surface area contributed by atoms with Gasteiger partial charge in [-0.25, -0.2) is 0 Å². The van der Waals surface area contributed by atoms with E-state index in [1.807, 2.05) is 20.8 Å². The third kappa shape index (κ3) is 5.85. The standard InChI is InChI=1S/C19H35NO4/c1-17(2,3)15(22)8-9-16(23)24-11-10-20-18(4,5)12-14(21)13-19(20,6)7/h14,21H,8-13H2,1-7H3. The fraction of sp³-hybridized carbons (Fsp3) is 0.895. The molecule has 1 fully saturated rings. The van der Waals surface area contributed by atoms with Gasteiger partial charge in [-0.15, -0.1) is 0 Å². The molecule has 0 saturated carbocycles. The average Bonchev–Trinajstić information content (AvgIpc) is 2.36. The van der Waals surface area contributed by atoms with Crippen LogP contribution in [0, 0.1) is 5.41 Å². The first-order valence-corrected chi connectivity index (χ1v) is 8.90. The maximum Gasteiger partial charge on any atom is 0.306 e. The summed E-state index contributed by atoms with van der Waals surface area (Å²) in [6.45, 7) is 15.0. The van der Waals surface area contributed by atoms with Crippen molar-refractivity contribution in [3.63, 3.8) is 0 Å². The third-order valence-corrected chi connectivity index (χ3v) is 4.90. The lowest BCUT2D eigenvalue weighted by atomic mass is 9.78. The molecule has 1 rings (SSSR count). The zero-order chi connectivity index (χ0) is 18.8. The molecular weight excluding hydrogens is 306 g/mol. The van der Waals surface area contributed by atoms with Crippen LogP contribution in [0.4, 0.5) is 0 Å². The highest BCUT2D eigenvalue weighted by atomic mass is 16.5. The van der Waals surface area contributed by atoms with Crippen LogP contribution in [0.5, 0.6) is 0 Å². The predicted molar refractivity (Wildman–Crippen MR) is 94.8 cm³/mol. The Labute approximate surface area is 146 Å². The second kappa shape index (κ2) is 7.52. The van der Waals surface area contributed by atoms with Gasteiger partial charge in [0.15, 0.2) is 0 Å². The number of ether oxygens (including phenoxy) is 1. The monoisotopic (exact) mass is 341 g/mol. The molecule has 0 aromatic heterocycles. The summed E-state index contributed by atoms with van der Waals surface area (Å²) < 4.78 is 5.33. The Bertz CT molecular complexity index is 444. The first-order valence-electron chi connectivity index (χ1n) is 8.90. The normalized spacial score (nSPS) is 21.5. The Hall–Kier alpha value is -0.940. The van der Waals surface area contributed by atoms with E-state index in [1.54, 1.807) is 0 Å². The Morgan fingerprint density at radius 1 is 1.08 bits per heavy atom. The molecule has 1 saturated heterocycles. The van der Waals surface area contributed by atoms with Crippen LogP contribution in [0.25, 0.3) is 0 Å². The third-order valence-electron chi connectivity index (χ3n) is 4.90. The lowest BCUT2D eigenvalue weighted by Gasteiger charge is -2.54. The van der Waals surface area contributed by atoms with Crippen molar-refractivity contribution in [3.8, 4) is 0 Å². The summed E-state index contributed by atoms with van der Waals surface area (Å²) in [7, 11) is 0. The highest BCUT2D eigenvalue weighted by Gasteiger charge is 2.44. The van der Waals surface area contributed by atoms with Crippen molar-refractivity contribution in [2.75, 3.05) is 13.2 Å². The lowest BCUT2D eigenvalue weighted by Crippen LogP contribution is -2.62. The van der Waals surface area contributed by atoms with Crippen LogP contribution < -0.4 is 0 Å². The van der Waals surface area contributed by atoms with Crippen LogP contribution in [0.15, 0.2) is 0 Å². The summed E-state index contributed by atoms with van der Waals surface area (Å²) >= 11 is 0. The SMILES string of the molecule is CC(C)(C)C(=O)CCC(=O)OCCN1C(C)(C)CC(O)CC1(C)C. The van der Waals surface area contributed by atoms with Gasteiger partial charge in [-0.3, -0.25) is 14.5 Å². The van der Waals surface area contributed by atoms with Crippen LogP contribution in [0.2, 0.25) is 0 Å². The topological polar surface area (TPSA) is 66.8 Å². The number of carbonyl (C=O) groups excluding carboxylic acids is 2. The van der Waals surface area contributed by atoms with Gasteiger partial charge in [-0.1, -0.05) is 20.8 Å². The van der Waals surface area contributed by atoms with E-state index in [0.29, 0.717) is 26.0 Å². The molecule has 0 bridgehead atoms. The maximum absolute atomic E-state index is 11.9. The van der Waals surface area contributed by atoms with Crippen LogP contribution in [0.1, 0.15) is 74.1 Å². The number of hydrogen-bond donors (Lipinski definition) is 1. The number of nitrogens with zero attached hydrogens (tertiary/aromatic N) is 1. The predicted octanol–water partition coefficient (Wildman–Crippen LogP) is 2.94. The molecule has 0 spiro atoms. The fourth-order valence-corrected chi connectivity index (χ4v) is 3.78. The van der Waals surface area contributed by atoms with Crippen molar-refractivity contribution < 1.29 is 19.4 Å². The molecule has 24 heavy (non-hydrogen) atoms. The van der Waals surface area contributed by atoms with Crippen molar-refractivity contribution in [2.24, 2.45) is 5.41 Å². The molecule has 1 N–H and O–H groups in total. The van der Waals surface area contributed by atoms with Gasteiger partial charge < -0.3 is 9.84 Å². The van der Waals surface area contributed by atoms with Gasteiger partial charge in [0.25, 0.3) is 0 Å². The molecular formula is C19H35NO4. The van der Waals surface area contributed by atoms with E-state index in [4.69, 9.17) is 4.74 Å². The van der Waals surface area contributed by atoms with Gasteiger partial charge in [-0.2, -0.15) is 0 Å². The van der Waals surface area contributed by atoms with Gasteiger partial charge in [0.05, 0.1) is 12.5 Å². The summed E-state index contributed by atoms with van der Waals surface area (Å²) in [6, 6.07) is 0. The van der Waals surface area contributed by atoms with Crippen LogP contribution in [0.3, 0.4) is 0 Å². The molecule has 5 nitrogen and oxygen atoms in total. The van der Waals surface area contributed by atoms with Crippen molar-refractivity contribution in [1.82, 2.24) is 4.90 Å². The smallest absolute Gasteiger partial charge is 0.306 e. The quantitative estimate of drug-likeness (QED) is 0.752. The number of ketones is 1. The van der Waals surface area contributed by atoms with E-state index in [-0.39, 0.29) is 41.8 Å². The zero-order valence-electron chi connectivity index (χ0n) is 16.4. The molecule has 1 aliphatic rings. The minimum atomic E-state index is -0.414. The second-order valence-corrected chi connectivity index (χ2v) is 9.23. The molecule has 0 radical (unpaired) electrons. The Kier molecular flexibility index (Phi) is 6.62. The number of hydrogen-bond acceptors (Lipinski definition) is 5. The Morgan fingerprint density at radius 2 is 1.58 bits per heavy atom. The number of likely N-dealkylation sites (tertiary alicyclic amines) is 1. The van der Waals surface area contributed by atoms with E-state index in [9.17, 15) is 14.7 Å². The lowest BCUT2D eigenvalue weighted by molar-refractivity contribution is -0.148. The maximum atomic E-state index is 11.9. The molecule has 1 heterocycles. The van der Waals surface area contributed by atoms with E-state index >= 15 is 0 Å². The van der Waals surface area contributed by atoms with Gasteiger partial charge in [0, 0.05) is 29.5 Å². The number of esters is 1. The number of aliphatic hydroxyl groups excluding tert-OH is 1. The minimum absolute atomic E-state index is 0.0757. The fourth-order valence-electron chi connectivity index (χ4n) is 3.78. The van der Waals surface area contributed by atoms with Gasteiger partial charge in [0.2, 0.25) is 0 Å². The Balaban J connectivity index is 2.46. The van der Waals surface area contributed by atoms with E-state index in [1.165, 1.54) is 0 Å². The second-order valence-electron chi connectivity index (χ2n) is 9.23. The molecule has 140 valence electrons. The molecule has 0 atom stereocenters. The van der Waals surface area contributed by atoms with Crippen molar-refractivity contribution in [1.29, 1.82) is 0 Å². The van der Waals surface area contributed by atoms with Crippen LogP contribution >= 0.6 is 0 Å². The summed E-state index contributed by atoms with van der Waals surface area (Å²) in [5.74, 6) is -0.244. The minimum Gasteiger partial charge on any atom is -0.464 e. The zero-order valence-corrected chi connectivity index (χ0v) is 16.4. The number of aliphatic hydroxyl groups is 1. The molecule has 1 aliphatic heterocycles. The number of carbonyl (C=O) groups is 2. The first kappa shape index (κ1) is 21.1. The molecule has 5 heteroatoms. The van der Waals surface area contributed by atoms with Gasteiger partial charge >= 0.3 is 5.97 Å². The number of Topliss-reactive ketones (excluding diaryl/α,β-unsaturated/α-hetero) is 1. The van der Waals surface area contributed by atoms with Crippen LogP contribution in [-0.2, 0) is 14.3 Å². The molecule has 0 aliphatic carbocycles. The average molecular weight is 341 g/mol. The largest absolute Gasteiger partial charge is 0.464 e. The van der Waals surface area contributed by atoms with E-state index < -0.39 is 5.41 Å². The summed E-state index contributed by atoms with van der Waals surface area (Å²) in [5, 5.41) is 10.1. The molecule has 0 amide bonds. The van der Waals surface area contributed by atoms with E-state index in [2.05, 4.69) is 32.6 Å². The molecule has 0 aromatic rings. The summed E-state index contributed by atoms with van der Waals surface area (Å²) in [5.41, 5.74) is -0.700. The van der Waals surface area contributed by atoms with Crippen molar-refractivity contribution >= 4 is 11.8 Å². The summed E-state index contributed by atoms with van der Waals surface area (Å²) in [6.07, 6.45) is 1.50. The number of piperidine rings is 1. The summed E-state index contributed by atoms with van der Waals surface area (Å²) in [4.78, 5) is 26.0. The van der Waals surface area contributed by atoms with Gasteiger partial charge in [0.1, 0.15) is 12.4 Å². The Morgan fingerprint density at radius 3 is 2.04 bits per heavy atom. The molecule has 0 aromatic carbocycles. The van der Waals surface area contributed by atoms with Crippen molar-refractivity contribution in [2.45, 2.75) is 91.3 Å². The van der Waals surface area contributed by atoms with Crippen LogP contribution in [-0.4, -0.2) is 52.1 Å². The van der Waals surface area contributed by atoms with Crippen molar-refractivity contribution in [3.05, 3.63) is 0 Å². The van der Waals surface area contributed by atoms with Gasteiger partial charge in [-0.05, 0) is 40.5 Å². The first-order chi connectivity index (χ1) is 10.8.